The van der Waals surface area contributed by atoms with Gasteiger partial charge < -0.3 is 19.9 Å². The summed E-state index contributed by atoms with van der Waals surface area (Å²) in [5.74, 6) is 0.912. The second kappa shape index (κ2) is 10.4. The van der Waals surface area contributed by atoms with E-state index in [1.165, 1.54) is 0 Å². The average molecular weight is 462 g/mol. The van der Waals surface area contributed by atoms with Gasteiger partial charge in [0.05, 0.1) is 6.42 Å². The number of aryl methyl sites for hydroxylation is 1. The molecule has 1 amide bonds. The Kier molecular flexibility index (Phi) is 7.61. The fraction of sp³-hybridized carbons (Fsp3) is 0.286. The molecule has 0 unspecified atom stereocenters. The van der Waals surface area contributed by atoms with Gasteiger partial charge in [0, 0.05) is 11.1 Å². The van der Waals surface area contributed by atoms with Gasteiger partial charge in [0.1, 0.15) is 0 Å². The summed E-state index contributed by atoms with van der Waals surface area (Å²) in [4.78, 5) is 23.1. The number of rotatable bonds is 5. The Morgan fingerprint density at radius 2 is 1.65 bits per heavy atom. The molecule has 0 bridgehead atoms. The van der Waals surface area contributed by atoms with Gasteiger partial charge in [0.25, 0.3) is 0 Å². The molecule has 34 heavy (non-hydrogen) atoms. The molecule has 3 aromatic rings. The average Bonchev–Trinajstić information content (AvgIpc) is 3.37. The number of anilines is 1. The fourth-order valence-electron chi connectivity index (χ4n) is 3.58. The second-order valence-electron chi connectivity index (χ2n) is 8.67. The van der Waals surface area contributed by atoms with Gasteiger partial charge in [0.15, 0.2) is 11.5 Å². The predicted molar refractivity (Wildman–Crippen MR) is 133 cm³/mol. The van der Waals surface area contributed by atoms with Crippen molar-refractivity contribution in [1.29, 1.82) is 0 Å². The van der Waals surface area contributed by atoms with Crippen LogP contribution in [0.15, 0.2) is 66.7 Å². The summed E-state index contributed by atoms with van der Waals surface area (Å²) in [5, 5.41) is 12.0. The van der Waals surface area contributed by atoms with E-state index in [1.54, 1.807) is 0 Å². The van der Waals surface area contributed by atoms with Crippen LogP contribution in [0.2, 0.25) is 0 Å². The van der Waals surface area contributed by atoms with Crippen LogP contribution >= 0.6 is 0 Å². The Balaban J connectivity index is 0.000000270. The Hall–Kier alpha value is -3.80. The molecule has 2 N–H and O–H groups in total. The van der Waals surface area contributed by atoms with Gasteiger partial charge in [0.2, 0.25) is 12.7 Å². The molecule has 1 saturated carbocycles. The summed E-state index contributed by atoms with van der Waals surface area (Å²) in [6.07, 6.45) is 1.88. The number of benzene rings is 3. The summed E-state index contributed by atoms with van der Waals surface area (Å²) in [6.45, 7) is 4.35. The van der Waals surface area contributed by atoms with Gasteiger partial charge >= 0.3 is 5.97 Å². The van der Waals surface area contributed by atoms with Crippen molar-refractivity contribution in [3.05, 3.63) is 77.9 Å². The van der Waals surface area contributed by atoms with Crippen molar-refractivity contribution in [2.45, 2.75) is 40.5 Å². The summed E-state index contributed by atoms with van der Waals surface area (Å²) >= 11 is 0. The number of hydrogen-bond donors (Lipinski definition) is 2. The molecular weight excluding hydrogens is 430 g/mol. The normalized spacial score (nSPS) is 14.2. The van der Waals surface area contributed by atoms with Crippen molar-refractivity contribution in [2.75, 3.05) is 12.1 Å². The first-order valence-corrected chi connectivity index (χ1v) is 10.9. The van der Waals surface area contributed by atoms with Crippen molar-refractivity contribution in [3.8, 4) is 22.6 Å². The highest BCUT2D eigenvalue weighted by atomic mass is 16.7. The number of carboxylic acid groups (broad SMARTS) is 1. The number of aliphatic carboxylic acids is 1. The van der Waals surface area contributed by atoms with E-state index >= 15 is 0 Å². The van der Waals surface area contributed by atoms with Gasteiger partial charge in [-0.3, -0.25) is 9.59 Å². The molecule has 5 rings (SSSR count). The molecule has 6 heteroatoms. The van der Waals surface area contributed by atoms with Crippen molar-refractivity contribution >= 4 is 17.6 Å². The van der Waals surface area contributed by atoms with Crippen LogP contribution in [0.3, 0.4) is 0 Å². The quantitative estimate of drug-likeness (QED) is 0.481. The molecule has 3 aromatic carbocycles. The fourth-order valence-corrected chi connectivity index (χ4v) is 3.58. The maximum Gasteiger partial charge on any atom is 0.307 e. The number of fused-ring (bicyclic) bond motifs is 1. The van der Waals surface area contributed by atoms with Gasteiger partial charge in [-0.1, -0.05) is 56.8 Å². The van der Waals surface area contributed by atoms with Crippen LogP contribution in [-0.2, 0) is 16.0 Å². The van der Waals surface area contributed by atoms with E-state index in [0.29, 0.717) is 6.79 Å². The van der Waals surface area contributed by atoms with Crippen LogP contribution in [0.1, 0.15) is 38.3 Å². The van der Waals surface area contributed by atoms with Gasteiger partial charge in [-0.05, 0) is 66.3 Å². The SMILES string of the molecule is C.Cc1ccc(NC(=O)C2(C)CC2)cc1-c1cccc(CC(=O)O)c1.c1ccc2c(c1)OCO2. The molecule has 0 aromatic heterocycles. The van der Waals surface area contributed by atoms with E-state index < -0.39 is 5.97 Å². The zero-order valence-electron chi connectivity index (χ0n) is 18.8. The molecule has 1 fully saturated rings. The van der Waals surface area contributed by atoms with E-state index in [9.17, 15) is 9.59 Å². The third-order valence-electron chi connectivity index (χ3n) is 5.91. The standard InChI is InChI=1S/C20H21NO3.C7H6O2.CH4/c1-13-6-7-16(21-19(24)20(2)8-9-20)12-17(13)15-5-3-4-14(10-15)11-18(22)23;1-2-4-7-6(3-1)8-5-9-7;/h3-7,10,12H,8-9,11H2,1-2H3,(H,21,24)(H,22,23);1-4H,5H2;1H4. The number of nitrogens with one attached hydrogen (secondary N) is 1. The highest BCUT2D eigenvalue weighted by Gasteiger charge is 2.44. The lowest BCUT2D eigenvalue weighted by molar-refractivity contribution is -0.136. The van der Waals surface area contributed by atoms with Crippen molar-refractivity contribution in [3.63, 3.8) is 0 Å². The van der Waals surface area contributed by atoms with E-state index in [0.717, 1.165) is 52.3 Å². The molecule has 0 radical (unpaired) electrons. The topological polar surface area (TPSA) is 84.9 Å². The Morgan fingerprint density at radius 3 is 2.26 bits per heavy atom. The number of carboxylic acids is 1. The van der Waals surface area contributed by atoms with Crippen LogP contribution in [0.4, 0.5) is 5.69 Å². The number of hydrogen-bond acceptors (Lipinski definition) is 4. The predicted octanol–water partition coefficient (Wildman–Crippen LogP) is 6.08. The minimum atomic E-state index is -0.845. The lowest BCUT2D eigenvalue weighted by Crippen LogP contribution is -2.21. The van der Waals surface area contributed by atoms with E-state index in [-0.39, 0.29) is 25.2 Å². The lowest BCUT2D eigenvalue weighted by atomic mass is 9.97. The van der Waals surface area contributed by atoms with Gasteiger partial charge in [-0.2, -0.15) is 0 Å². The summed E-state index contributed by atoms with van der Waals surface area (Å²) in [6, 6.07) is 21.0. The first-order valence-electron chi connectivity index (χ1n) is 10.9. The van der Waals surface area contributed by atoms with Gasteiger partial charge in [-0.25, -0.2) is 0 Å². The molecular formula is C28H31NO5. The van der Waals surface area contributed by atoms with Crippen LogP contribution in [-0.4, -0.2) is 23.8 Å². The van der Waals surface area contributed by atoms with E-state index in [2.05, 4.69) is 5.32 Å². The monoisotopic (exact) mass is 461 g/mol. The summed E-state index contributed by atoms with van der Waals surface area (Å²) in [5.41, 5.74) is 4.36. The molecule has 1 aliphatic heterocycles. The molecule has 0 saturated heterocycles. The van der Waals surface area contributed by atoms with Crippen molar-refractivity contribution in [2.24, 2.45) is 5.41 Å². The Bertz CT molecular complexity index is 1160. The first kappa shape index (κ1) is 24.8. The smallest absolute Gasteiger partial charge is 0.307 e. The highest BCUT2D eigenvalue weighted by molar-refractivity contribution is 5.97. The van der Waals surface area contributed by atoms with Gasteiger partial charge in [-0.15, -0.1) is 0 Å². The largest absolute Gasteiger partial charge is 0.481 e. The zero-order chi connectivity index (χ0) is 23.4. The zero-order valence-corrected chi connectivity index (χ0v) is 18.8. The Morgan fingerprint density at radius 1 is 0.971 bits per heavy atom. The maximum atomic E-state index is 12.2. The minimum absolute atomic E-state index is 0. The third kappa shape index (κ3) is 5.95. The summed E-state index contributed by atoms with van der Waals surface area (Å²) in [7, 11) is 0. The molecule has 1 heterocycles. The van der Waals surface area contributed by atoms with Crippen LogP contribution in [0, 0.1) is 12.3 Å². The summed E-state index contributed by atoms with van der Waals surface area (Å²) < 4.78 is 10.2. The van der Waals surface area contributed by atoms with E-state index in [1.807, 2.05) is 80.6 Å². The lowest BCUT2D eigenvalue weighted by Gasteiger charge is -2.13. The number of para-hydroxylation sites is 2. The first-order chi connectivity index (χ1) is 15.8. The van der Waals surface area contributed by atoms with Crippen molar-refractivity contribution in [1.82, 2.24) is 0 Å². The molecule has 178 valence electrons. The molecule has 6 nitrogen and oxygen atoms in total. The minimum Gasteiger partial charge on any atom is -0.481 e. The number of carbonyl (C=O) groups excluding carboxylic acids is 1. The molecule has 1 aliphatic carbocycles. The van der Waals surface area contributed by atoms with E-state index in [4.69, 9.17) is 14.6 Å². The number of amides is 1. The molecule has 0 atom stereocenters. The Labute approximate surface area is 200 Å². The maximum absolute atomic E-state index is 12.2. The number of ether oxygens (including phenoxy) is 2. The van der Waals surface area contributed by atoms with Crippen LogP contribution in [0.5, 0.6) is 11.5 Å². The number of carbonyl (C=O) groups is 2. The molecule has 0 spiro atoms. The van der Waals surface area contributed by atoms with Crippen molar-refractivity contribution < 1.29 is 24.2 Å². The second-order valence-corrected chi connectivity index (χ2v) is 8.67. The van der Waals surface area contributed by atoms with Crippen LogP contribution < -0.4 is 14.8 Å². The highest BCUT2D eigenvalue weighted by Crippen LogP contribution is 2.45. The van der Waals surface area contributed by atoms with Crippen LogP contribution in [0.25, 0.3) is 11.1 Å². The third-order valence-corrected chi connectivity index (χ3v) is 5.91. The molecule has 2 aliphatic rings.